The Labute approximate surface area is 122 Å². The van der Waals surface area contributed by atoms with Crippen molar-refractivity contribution < 1.29 is 19.3 Å². The molecule has 5 heteroatoms. The molecule has 0 aliphatic rings. The van der Waals surface area contributed by atoms with Gasteiger partial charge < -0.3 is 4.74 Å². The molecule has 20 heavy (non-hydrogen) atoms. The summed E-state index contributed by atoms with van der Waals surface area (Å²) in [7, 11) is 0.273. The van der Waals surface area contributed by atoms with E-state index in [9.17, 15) is 4.79 Å². The van der Waals surface area contributed by atoms with Crippen molar-refractivity contribution in [2.24, 2.45) is 0 Å². The summed E-state index contributed by atoms with van der Waals surface area (Å²) < 4.78 is 5.04. The van der Waals surface area contributed by atoms with Crippen LogP contribution in [-0.2, 0) is 14.5 Å². The van der Waals surface area contributed by atoms with Gasteiger partial charge in [-0.05, 0) is 19.1 Å². The van der Waals surface area contributed by atoms with Gasteiger partial charge in [-0.2, -0.15) is 4.89 Å². The third-order valence-electron chi connectivity index (χ3n) is 3.01. The Kier molecular flexibility index (Phi) is 6.39. The molecule has 1 aromatic rings. The molecule has 0 N–H and O–H groups in total. The molecule has 1 atom stereocenters. The van der Waals surface area contributed by atoms with Crippen LogP contribution in [0.1, 0.15) is 23.7 Å². The van der Waals surface area contributed by atoms with Gasteiger partial charge in [-0.3, -0.25) is 4.89 Å². The van der Waals surface area contributed by atoms with E-state index in [0.717, 1.165) is 0 Å². The van der Waals surface area contributed by atoms with Crippen molar-refractivity contribution in [1.29, 1.82) is 0 Å². The zero-order valence-electron chi connectivity index (χ0n) is 12.8. The smallest absolute Gasteiger partial charge is 0.373 e. The average Bonchev–Trinajstić information content (AvgIpc) is 2.42. The van der Waals surface area contributed by atoms with E-state index in [1.165, 1.54) is 11.8 Å². The summed E-state index contributed by atoms with van der Waals surface area (Å²) in [5.41, 5.74) is 0.486. The van der Waals surface area contributed by atoms with E-state index < -0.39 is 14.0 Å². The number of hydrogen-bond acceptors (Lipinski definition) is 4. The Morgan fingerprint density at radius 3 is 2.35 bits per heavy atom. The van der Waals surface area contributed by atoms with Gasteiger partial charge in [-0.1, -0.05) is 37.0 Å². The van der Waals surface area contributed by atoms with Crippen molar-refractivity contribution in [2.45, 2.75) is 39.1 Å². The molecule has 1 unspecified atom stereocenters. The fourth-order valence-electron chi connectivity index (χ4n) is 1.50. The maximum absolute atomic E-state index is 11.7. The number of hydrogen-bond donors (Lipinski definition) is 0. The Morgan fingerprint density at radius 1 is 1.25 bits per heavy atom. The highest BCUT2D eigenvalue weighted by atomic mass is 28.3. The highest BCUT2D eigenvalue weighted by molar-refractivity contribution is 6.88. The van der Waals surface area contributed by atoms with E-state index in [2.05, 4.69) is 19.6 Å². The molecule has 0 heterocycles. The highest BCUT2D eigenvalue weighted by Gasteiger charge is 2.17. The molecule has 1 radical (unpaired) electrons. The quantitative estimate of drug-likeness (QED) is 0.336. The molecule has 0 bridgehead atoms. The molecular weight excluding hydrogens is 272 g/mol. The van der Waals surface area contributed by atoms with Gasteiger partial charge in [-0.25, -0.2) is 4.79 Å². The second kappa shape index (κ2) is 7.57. The van der Waals surface area contributed by atoms with E-state index in [-0.39, 0.29) is 6.10 Å². The van der Waals surface area contributed by atoms with Crippen LogP contribution in [0.25, 0.3) is 0 Å². The van der Waals surface area contributed by atoms with Crippen LogP contribution < -0.4 is 5.19 Å². The molecule has 0 aliphatic carbocycles. The minimum absolute atomic E-state index is 0.0322. The first-order valence-electron chi connectivity index (χ1n) is 6.67. The Hall–Kier alpha value is -1.17. The Morgan fingerprint density at radius 2 is 1.85 bits per heavy atom. The minimum Gasteiger partial charge on any atom is -0.382 e. The number of ether oxygens (including phenoxy) is 1. The zero-order valence-corrected chi connectivity index (χ0v) is 13.8. The van der Waals surface area contributed by atoms with Crippen LogP contribution in [0.15, 0.2) is 24.3 Å². The molecule has 111 valence electrons. The Balaban J connectivity index is 2.44. The van der Waals surface area contributed by atoms with Crippen LogP contribution in [0, 0.1) is 6.61 Å². The lowest BCUT2D eigenvalue weighted by atomic mass is 10.2. The lowest BCUT2D eigenvalue weighted by molar-refractivity contribution is -0.215. The fraction of sp³-hybridized carbons (Fsp3) is 0.467. The molecule has 0 saturated heterocycles. The van der Waals surface area contributed by atoms with E-state index in [0.29, 0.717) is 12.0 Å². The zero-order chi connectivity index (χ0) is 15.2. The summed E-state index contributed by atoms with van der Waals surface area (Å²) >= 11 is 0. The van der Waals surface area contributed by atoms with E-state index in [1.54, 1.807) is 19.2 Å². The van der Waals surface area contributed by atoms with Crippen molar-refractivity contribution in [3.8, 4) is 0 Å². The van der Waals surface area contributed by atoms with E-state index in [1.807, 2.05) is 19.1 Å². The van der Waals surface area contributed by atoms with Gasteiger partial charge in [-0.15, -0.1) is 0 Å². The number of carbonyl (C=O) groups is 1. The van der Waals surface area contributed by atoms with Crippen LogP contribution in [0.5, 0.6) is 0 Å². The number of benzene rings is 1. The third kappa shape index (κ3) is 5.44. The lowest BCUT2D eigenvalue weighted by Crippen LogP contribution is -2.37. The van der Waals surface area contributed by atoms with Gasteiger partial charge in [0.25, 0.3) is 0 Å². The average molecular weight is 295 g/mol. The summed E-state index contributed by atoms with van der Waals surface area (Å²) in [6, 6.07) is 7.52. The normalized spacial score (nSPS) is 13.1. The van der Waals surface area contributed by atoms with Gasteiger partial charge in [0.05, 0.1) is 19.7 Å². The van der Waals surface area contributed by atoms with Crippen LogP contribution >= 0.6 is 0 Å². The van der Waals surface area contributed by atoms with E-state index in [4.69, 9.17) is 14.5 Å². The fourth-order valence-corrected chi connectivity index (χ4v) is 2.67. The summed E-state index contributed by atoms with van der Waals surface area (Å²) in [6.07, 6.45) is 0.586. The lowest BCUT2D eigenvalue weighted by Gasteiger charge is -2.16. The summed E-state index contributed by atoms with van der Waals surface area (Å²) in [4.78, 5) is 21.2. The van der Waals surface area contributed by atoms with Crippen molar-refractivity contribution in [2.75, 3.05) is 7.11 Å². The first-order valence-corrected chi connectivity index (χ1v) is 10.2. The predicted molar refractivity (Wildman–Crippen MR) is 81.3 cm³/mol. The monoisotopic (exact) mass is 295 g/mol. The molecule has 1 rings (SSSR count). The van der Waals surface area contributed by atoms with Crippen molar-refractivity contribution in [3.05, 3.63) is 36.4 Å². The first-order chi connectivity index (χ1) is 9.34. The van der Waals surface area contributed by atoms with Crippen LogP contribution in [-0.4, -0.2) is 27.3 Å². The summed E-state index contributed by atoms with van der Waals surface area (Å²) in [5.74, 6) is -0.492. The molecule has 0 spiro atoms. The Bertz CT molecular complexity index is 422. The van der Waals surface area contributed by atoms with Crippen molar-refractivity contribution >= 4 is 19.2 Å². The van der Waals surface area contributed by atoms with Gasteiger partial charge in [0.1, 0.15) is 6.61 Å². The molecular formula is C15H23O4Si. The van der Waals surface area contributed by atoms with Crippen LogP contribution in [0.4, 0.5) is 0 Å². The summed E-state index contributed by atoms with van der Waals surface area (Å²) in [5, 5.41) is 1.30. The topological polar surface area (TPSA) is 44.8 Å². The number of methoxy groups -OCH3 is 1. The molecule has 0 saturated carbocycles. The first kappa shape index (κ1) is 16.9. The van der Waals surface area contributed by atoms with Gasteiger partial charge in [0.15, 0.2) is 0 Å². The molecule has 1 aromatic carbocycles. The minimum atomic E-state index is -1.34. The molecule has 0 amide bonds. The molecule has 0 aliphatic heterocycles. The maximum atomic E-state index is 11.7. The van der Waals surface area contributed by atoms with Gasteiger partial charge in [0, 0.05) is 13.5 Å². The molecule has 0 aromatic heterocycles. The second-order valence-electron chi connectivity index (χ2n) is 5.74. The van der Waals surface area contributed by atoms with Crippen molar-refractivity contribution in [1.82, 2.24) is 0 Å². The van der Waals surface area contributed by atoms with Gasteiger partial charge in [0.2, 0.25) is 0 Å². The van der Waals surface area contributed by atoms with Crippen LogP contribution in [0.2, 0.25) is 19.6 Å². The predicted octanol–water partition coefficient (Wildman–Crippen LogP) is 2.91. The largest absolute Gasteiger partial charge is 0.382 e. The highest BCUT2D eigenvalue weighted by Crippen LogP contribution is 2.07. The number of carbonyl (C=O) groups excluding carboxylic acids is 1. The maximum Gasteiger partial charge on any atom is 0.373 e. The summed E-state index contributed by atoms with van der Waals surface area (Å²) in [6.45, 7) is 10.1. The van der Waals surface area contributed by atoms with E-state index >= 15 is 0 Å². The van der Waals surface area contributed by atoms with Crippen LogP contribution in [0.3, 0.4) is 0 Å². The standard InChI is InChI=1S/C15H23O4Si/c1-12(17-2)10-11-18-19-15(16)13-6-8-14(9-7-13)20(3,4)5/h6-9,11-12H,10H2,1-5H3. The number of rotatable bonds is 7. The molecule has 0 fully saturated rings. The second-order valence-corrected chi connectivity index (χ2v) is 10.8. The van der Waals surface area contributed by atoms with Crippen molar-refractivity contribution in [3.63, 3.8) is 0 Å². The molecule has 4 nitrogen and oxygen atoms in total. The van der Waals surface area contributed by atoms with Gasteiger partial charge >= 0.3 is 5.97 Å². The third-order valence-corrected chi connectivity index (χ3v) is 5.07. The SMILES string of the molecule is COC(C)C[CH]OOC(=O)c1ccc([Si](C)(C)C)cc1.